The molecule has 1 amide bonds. The highest BCUT2D eigenvalue weighted by molar-refractivity contribution is 5.83. The van der Waals surface area contributed by atoms with E-state index in [4.69, 9.17) is 5.11 Å². The zero-order valence-corrected chi connectivity index (χ0v) is 13.4. The summed E-state index contributed by atoms with van der Waals surface area (Å²) in [6.07, 6.45) is 3.23. The molecule has 4 nitrogen and oxygen atoms in total. The number of carboxylic acid groups (broad SMARTS) is 1. The molecular weight excluding hydrogens is 316 g/mol. The van der Waals surface area contributed by atoms with E-state index in [1.807, 2.05) is 4.90 Å². The molecule has 130 valence electrons. The highest BCUT2D eigenvalue weighted by Crippen LogP contribution is 2.49. The van der Waals surface area contributed by atoms with Crippen LogP contribution >= 0.6 is 0 Å². The first kappa shape index (κ1) is 16.9. The molecule has 24 heavy (non-hydrogen) atoms. The van der Waals surface area contributed by atoms with Gasteiger partial charge in [-0.05, 0) is 55.2 Å². The Bertz CT molecular complexity index is 649. The molecule has 0 unspecified atom stereocenters. The highest BCUT2D eigenvalue weighted by atomic mass is 19.2. The third-order valence-corrected chi connectivity index (χ3v) is 5.08. The fraction of sp³-hybridized carbons (Fsp3) is 0.556. The van der Waals surface area contributed by atoms with E-state index in [0.29, 0.717) is 31.5 Å². The van der Waals surface area contributed by atoms with Gasteiger partial charge < -0.3 is 10.0 Å². The molecule has 0 spiro atoms. The van der Waals surface area contributed by atoms with Gasteiger partial charge in [0.05, 0.1) is 0 Å². The number of nitrogens with zero attached hydrogens (tertiary/aromatic N) is 1. The number of hydrogen-bond acceptors (Lipinski definition) is 2. The number of rotatable bonds is 5. The molecule has 0 aromatic heterocycles. The molecule has 1 saturated carbocycles. The Morgan fingerprint density at radius 1 is 1.25 bits per heavy atom. The van der Waals surface area contributed by atoms with E-state index in [2.05, 4.69) is 0 Å². The van der Waals surface area contributed by atoms with Gasteiger partial charge >= 0.3 is 5.97 Å². The summed E-state index contributed by atoms with van der Waals surface area (Å²) in [6.45, 7) is 1.30. The van der Waals surface area contributed by atoms with E-state index in [-0.39, 0.29) is 30.1 Å². The van der Waals surface area contributed by atoms with Crippen LogP contribution in [-0.4, -0.2) is 35.0 Å². The van der Waals surface area contributed by atoms with E-state index >= 15 is 0 Å². The lowest BCUT2D eigenvalue weighted by molar-refractivity contribution is -0.137. The molecule has 1 heterocycles. The Labute approximate surface area is 139 Å². The van der Waals surface area contributed by atoms with E-state index < -0.39 is 17.6 Å². The van der Waals surface area contributed by atoms with Crippen LogP contribution in [-0.2, 0) is 9.59 Å². The molecule has 0 bridgehead atoms. The van der Waals surface area contributed by atoms with Gasteiger partial charge in [-0.3, -0.25) is 9.59 Å². The number of hydrogen-bond donors (Lipinski definition) is 1. The predicted molar refractivity (Wildman–Crippen MR) is 83.4 cm³/mol. The van der Waals surface area contributed by atoms with Crippen molar-refractivity contribution in [3.8, 4) is 0 Å². The molecule has 0 radical (unpaired) electrons. The van der Waals surface area contributed by atoms with Crippen LogP contribution in [0.25, 0.3) is 0 Å². The van der Waals surface area contributed by atoms with Crippen molar-refractivity contribution in [2.24, 2.45) is 11.8 Å². The van der Waals surface area contributed by atoms with Crippen molar-refractivity contribution in [2.45, 2.75) is 38.0 Å². The summed E-state index contributed by atoms with van der Waals surface area (Å²) in [5, 5.41) is 8.78. The van der Waals surface area contributed by atoms with Crippen molar-refractivity contribution in [2.75, 3.05) is 13.1 Å². The molecule has 1 saturated heterocycles. The lowest BCUT2D eigenvalue weighted by atomic mass is 9.93. The van der Waals surface area contributed by atoms with Crippen LogP contribution in [0.1, 0.15) is 43.6 Å². The average Bonchev–Trinajstić information content (AvgIpc) is 3.35. The molecule has 1 aromatic carbocycles. The van der Waals surface area contributed by atoms with Crippen LogP contribution in [0.3, 0.4) is 0 Å². The largest absolute Gasteiger partial charge is 0.481 e. The van der Waals surface area contributed by atoms with Gasteiger partial charge in [0, 0.05) is 25.4 Å². The Kier molecular flexibility index (Phi) is 4.83. The number of likely N-dealkylation sites (tertiary alicyclic amines) is 1. The number of carbonyl (C=O) groups is 2. The van der Waals surface area contributed by atoms with E-state index in [1.54, 1.807) is 6.07 Å². The number of aliphatic carboxylic acids is 1. The van der Waals surface area contributed by atoms with Gasteiger partial charge in [0.25, 0.3) is 0 Å². The SMILES string of the molecule is O=C(O)CC[C@@H]1CCCN(C(=O)[C@@H]2C[C@H]2c2ccc(F)c(F)c2)C1. The summed E-state index contributed by atoms with van der Waals surface area (Å²) in [5.41, 5.74) is 0.673. The van der Waals surface area contributed by atoms with E-state index in [1.165, 1.54) is 6.07 Å². The maximum Gasteiger partial charge on any atom is 0.303 e. The first-order valence-electron chi connectivity index (χ1n) is 8.41. The van der Waals surface area contributed by atoms with E-state index in [9.17, 15) is 18.4 Å². The standard InChI is InChI=1S/C18H21F2NO3/c19-15-5-4-12(8-16(15)20)13-9-14(13)18(24)21-7-1-2-11(10-21)3-6-17(22)23/h4-5,8,11,13-14H,1-3,6-7,9-10H2,(H,22,23)/t11-,13-,14+/m0/s1. The predicted octanol–water partition coefficient (Wildman–Crippen LogP) is 3.17. The van der Waals surface area contributed by atoms with Gasteiger partial charge in [-0.1, -0.05) is 6.07 Å². The number of benzene rings is 1. The van der Waals surface area contributed by atoms with Gasteiger partial charge in [-0.15, -0.1) is 0 Å². The number of carbonyl (C=O) groups excluding carboxylic acids is 1. The third-order valence-electron chi connectivity index (χ3n) is 5.08. The maximum absolute atomic E-state index is 13.3. The van der Waals surface area contributed by atoms with Crippen molar-refractivity contribution in [1.82, 2.24) is 4.90 Å². The number of carboxylic acids is 1. The molecule has 1 aromatic rings. The van der Waals surface area contributed by atoms with Gasteiger partial charge in [-0.25, -0.2) is 8.78 Å². The molecule has 1 N–H and O–H groups in total. The Morgan fingerprint density at radius 3 is 2.75 bits per heavy atom. The summed E-state index contributed by atoms with van der Waals surface area (Å²) in [7, 11) is 0. The zero-order chi connectivity index (χ0) is 17.3. The summed E-state index contributed by atoms with van der Waals surface area (Å²) < 4.78 is 26.3. The molecular formula is C18H21F2NO3. The van der Waals surface area contributed by atoms with Gasteiger partial charge in [0.15, 0.2) is 11.6 Å². The smallest absolute Gasteiger partial charge is 0.303 e. The second-order valence-electron chi connectivity index (χ2n) is 6.85. The molecule has 1 aliphatic carbocycles. The first-order chi connectivity index (χ1) is 11.5. The number of halogens is 2. The fourth-order valence-corrected chi connectivity index (χ4v) is 3.64. The number of amides is 1. The molecule has 6 heteroatoms. The van der Waals surface area contributed by atoms with Gasteiger partial charge in [-0.2, -0.15) is 0 Å². The molecule has 3 rings (SSSR count). The normalized spacial score (nSPS) is 26.2. The molecule has 2 aliphatic rings. The average molecular weight is 337 g/mol. The summed E-state index contributed by atoms with van der Waals surface area (Å²) >= 11 is 0. The van der Waals surface area contributed by atoms with Crippen molar-refractivity contribution in [3.05, 3.63) is 35.4 Å². The third kappa shape index (κ3) is 3.74. The quantitative estimate of drug-likeness (QED) is 0.898. The zero-order valence-electron chi connectivity index (χ0n) is 13.4. The lowest BCUT2D eigenvalue weighted by Crippen LogP contribution is -2.41. The second-order valence-corrected chi connectivity index (χ2v) is 6.85. The first-order valence-corrected chi connectivity index (χ1v) is 8.41. The van der Waals surface area contributed by atoms with Crippen LogP contribution in [0.2, 0.25) is 0 Å². The monoisotopic (exact) mass is 337 g/mol. The van der Waals surface area contributed by atoms with Crippen LogP contribution < -0.4 is 0 Å². The minimum atomic E-state index is -0.877. The van der Waals surface area contributed by atoms with E-state index in [0.717, 1.165) is 18.9 Å². The van der Waals surface area contributed by atoms with Crippen molar-refractivity contribution in [3.63, 3.8) is 0 Å². The maximum atomic E-state index is 13.3. The highest BCUT2D eigenvalue weighted by Gasteiger charge is 2.46. The van der Waals surface area contributed by atoms with Crippen LogP contribution in [0.5, 0.6) is 0 Å². The Balaban J connectivity index is 1.57. The molecule has 3 atom stereocenters. The summed E-state index contributed by atoms with van der Waals surface area (Å²) in [6, 6.07) is 3.83. The van der Waals surface area contributed by atoms with Gasteiger partial charge in [0.1, 0.15) is 0 Å². The molecule has 1 aliphatic heterocycles. The Morgan fingerprint density at radius 2 is 2.04 bits per heavy atom. The van der Waals surface area contributed by atoms with Crippen molar-refractivity contribution in [1.29, 1.82) is 0 Å². The van der Waals surface area contributed by atoms with Gasteiger partial charge in [0.2, 0.25) is 5.91 Å². The minimum absolute atomic E-state index is 0.0352. The van der Waals surface area contributed by atoms with Crippen LogP contribution in [0.4, 0.5) is 8.78 Å². The second kappa shape index (κ2) is 6.87. The summed E-state index contributed by atoms with van der Waals surface area (Å²) in [4.78, 5) is 25.1. The van der Waals surface area contributed by atoms with Crippen LogP contribution in [0, 0.1) is 23.5 Å². The molecule has 2 fully saturated rings. The van der Waals surface area contributed by atoms with Crippen molar-refractivity contribution >= 4 is 11.9 Å². The number of piperidine rings is 1. The Hall–Kier alpha value is -1.98. The summed E-state index contributed by atoms with van der Waals surface area (Å²) in [5.74, 6) is -2.46. The van der Waals surface area contributed by atoms with Crippen molar-refractivity contribution < 1.29 is 23.5 Å². The minimum Gasteiger partial charge on any atom is -0.481 e. The topological polar surface area (TPSA) is 57.6 Å². The lowest BCUT2D eigenvalue weighted by Gasteiger charge is -2.33. The van der Waals surface area contributed by atoms with Crippen LogP contribution in [0.15, 0.2) is 18.2 Å². The fourth-order valence-electron chi connectivity index (χ4n) is 3.64.